The minimum atomic E-state index is -4.57. The fraction of sp³-hybridized carbons (Fsp3) is 0.393. The van der Waals surface area contributed by atoms with Gasteiger partial charge in [0.2, 0.25) is 0 Å². The maximum absolute atomic E-state index is 14.2. The lowest BCUT2D eigenvalue weighted by molar-refractivity contribution is -0.279. The minimum absolute atomic E-state index is 0.0824. The molecule has 0 bridgehead atoms. The SMILES string of the molecule is CC/C=C(\C=C/C(C)/C1=C/C=C(C2CCC(c3c(F)cccc3F)=N2)\C=C/CC1)OC(F)(F)C(F)F. The van der Waals surface area contributed by atoms with Crippen molar-refractivity contribution in [3.05, 3.63) is 94.8 Å². The Bertz CT molecular complexity index is 1090. The first-order valence-corrected chi connectivity index (χ1v) is 11.9. The van der Waals surface area contributed by atoms with Gasteiger partial charge in [-0.2, -0.15) is 17.6 Å². The van der Waals surface area contributed by atoms with Gasteiger partial charge in [0.15, 0.2) is 0 Å². The average molecular weight is 510 g/mol. The Labute approximate surface area is 207 Å². The number of ether oxygens (including phenoxy) is 1. The molecule has 3 rings (SSSR count). The monoisotopic (exact) mass is 509 g/mol. The predicted molar refractivity (Wildman–Crippen MR) is 129 cm³/mol. The number of hydrogen-bond acceptors (Lipinski definition) is 2. The maximum Gasteiger partial charge on any atom is 0.461 e. The van der Waals surface area contributed by atoms with Gasteiger partial charge in [-0.25, -0.2) is 8.78 Å². The highest BCUT2D eigenvalue weighted by Gasteiger charge is 2.44. The normalized spacial score (nSPS) is 24.0. The van der Waals surface area contributed by atoms with Crippen LogP contribution in [0.25, 0.3) is 0 Å². The highest BCUT2D eigenvalue weighted by Crippen LogP contribution is 2.30. The Morgan fingerprint density at radius 1 is 1.17 bits per heavy atom. The second-order valence-corrected chi connectivity index (χ2v) is 8.70. The number of hydrogen-bond donors (Lipinski definition) is 0. The second kappa shape index (κ2) is 12.3. The Morgan fingerprint density at radius 2 is 1.89 bits per heavy atom. The zero-order valence-electron chi connectivity index (χ0n) is 20.2. The summed E-state index contributed by atoms with van der Waals surface area (Å²) in [5, 5.41) is 0. The van der Waals surface area contributed by atoms with E-state index in [2.05, 4.69) is 9.73 Å². The highest BCUT2D eigenvalue weighted by atomic mass is 19.3. The maximum atomic E-state index is 14.2. The summed E-state index contributed by atoms with van der Waals surface area (Å²) < 4.78 is 84.3. The van der Waals surface area contributed by atoms with E-state index in [9.17, 15) is 26.3 Å². The van der Waals surface area contributed by atoms with E-state index >= 15 is 0 Å². The van der Waals surface area contributed by atoms with Crippen molar-refractivity contribution in [3.63, 3.8) is 0 Å². The van der Waals surface area contributed by atoms with Crippen molar-refractivity contribution in [1.82, 2.24) is 0 Å². The van der Waals surface area contributed by atoms with Crippen LogP contribution in [0.4, 0.5) is 26.3 Å². The molecule has 36 heavy (non-hydrogen) atoms. The van der Waals surface area contributed by atoms with Gasteiger partial charge < -0.3 is 4.74 Å². The van der Waals surface area contributed by atoms with E-state index in [1.165, 1.54) is 30.4 Å². The fourth-order valence-electron chi connectivity index (χ4n) is 4.12. The first kappa shape index (κ1) is 27.6. The van der Waals surface area contributed by atoms with Crippen molar-refractivity contribution in [2.75, 3.05) is 0 Å². The molecule has 2 nitrogen and oxygen atoms in total. The van der Waals surface area contributed by atoms with Crippen molar-refractivity contribution >= 4 is 5.71 Å². The van der Waals surface area contributed by atoms with Crippen molar-refractivity contribution < 1.29 is 31.1 Å². The van der Waals surface area contributed by atoms with E-state index in [4.69, 9.17) is 0 Å². The Morgan fingerprint density at radius 3 is 2.56 bits per heavy atom. The number of allylic oxidation sites excluding steroid dienone is 7. The lowest BCUT2D eigenvalue weighted by Gasteiger charge is -2.18. The predicted octanol–water partition coefficient (Wildman–Crippen LogP) is 8.48. The molecule has 1 aromatic carbocycles. The number of benzene rings is 1. The van der Waals surface area contributed by atoms with Crippen molar-refractivity contribution in [2.45, 2.75) is 64.5 Å². The molecule has 0 aromatic heterocycles. The van der Waals surface area contributed by atoms with Gasteiger partial charge in [-0.15, -0.1) is 0 Å². The molecular formula is C28H29F6NO. The molecule has 2 aliphatic rings. The third-order valence-corrected chi connectivity index (χ3v) is 6.05. The van der Waals surface area contributed by atoms with Crippen molar-refractivity contribution in [2.24, 2.45) is 10.9 Å². The molecule has 8 heteroatoms. The van der Waals surface area contributed by atoms with E-state index in [0.717, 1.165) is 17.6 Å². The Balaban J connectivity index is 1.77. The molecule has 0 radical (unpaired) electrons. The first-order chi connectivity index (χ1) is 17.1. The third kappa shape index (κ3) is 7.02. The van der Waals surface area contributed by atoms with Crippen LogP contribution in [-0.4, -0.2) is 24.3 Å². The zero-order chi connectivity index (χ0) is 26.3. The summed E-state index contributed by atoms with van der Waals surface area (Å²) in [5.41, 5.74) is 2.23. The van der Waals surface area contributed by atoms with Gasteiger partial charge in [0.05, 0.1) is 11.6 Å². The molecular weight excluding hydrogens is 480 g/mol. The number of rotatable bonds is 9. The molecule has 0 saturated carbocycles. The molecule has 1 heterocycles. The quantitative estimate of drug-likeness (QED) is 0.186. The van der Waals surface area contributed by atoms with Gasteiger partial charge in [0, 0.05) is 5.71 Å². The van der Waals surface area contributed by atoms with Crippen molar-refractivity contribution in [1.29, 1.82) is 0 Å². The van der Waals surface area contributed by atoms with Crippen LogP contribution in [0.2, 0.25) is 0 Å². The number of alkyl halides is 4. The fourth-order valence-corrected chi connectivity index (χ4v) is 4.12. The van der Waals surface area contributed by atoms with E-state index in [1.807, 2.05) is 31.2 Å². The standard InChI is InChI=1S/C28H29F6NO/c1-3-7-21(36-28(33,34)27(31)32)15-12-18(2)19-8-4-5-9-20(14-13-19)24-16-17-25(35-24)26-22(29)10-6-11-23(26)30/h5-7,9-15,18,24,27H,3-4,8,16-17H2,1-2H3/b9-5-,15-12-,19-13+,20-14+,21-7+. The van der Waals surface area contributed by atoms with Crippen LogP contribution in [0.5, 0.6) is 0 Å². The van der Waals surface area contributed by atoms with Gasteiger partial charge >= 0.3 is 12.5 Å². The van der Waals surface area contributed by atoms with E-state index in [-0.39, 0.29) is 23.3 Å². The smallest absolute Gasteiger partial charge is 0.429 e. The zero-order valence-corrected chi connectivity index (χ0v) is 20.2. The van der Waals surface area contributed by atoms with Crippen LogP contribution < -0.4 is 0 Å². The first-order valence-electron chi connectivity index (χ1n) is 11.9. The molecule has 1 aromatic rings. The van der Waals surface area contributed by atoms with E-state index in [1.54, 1.807) is 13.0 Å². The number of nitrogens with zero attached hydrogens (tertiary/aromatic N) is 1. The molecule has 2 unspecified atom stereocenters. The van der Waals surface area contributed by atoms with Crippen LogP contribution in [0, 0.1) is 17.6 Å². The minimum Gasteiger partial charge on any atom is -0.429 e. The van der Waals surface area contributed by atoms with Gasteiger partial charge in [-0.3, -0.25) is 4.99 Å². The van der Waals surface area contributed by atoms with Crippen LogP contribution in [0.3, 0.4) is 0 Å². The van der Waals surface area contributed by atoms with Gasteiger partial charge in [0.25, 0.3) is 0 Å². The van der Waals surface area contributed by atoms with E-state index < -0.39 is 24.2 Å². The Kier molecular flexibility index (Phi) is 9.40. The summed E-state index contributed by atoms with van der Waals surface area (Å²) >= 11 is 0. The van der Waals surface area contributed by atoms with Crippen LogP contribution in [0.15, 0.2) is 82.6 Å². The van der Waals surface area contributed by atoms with Gasteiger partial charge in [-0.1, -0.05) is 55.9 Å². The molecule has 194 valence electrons. The van der Waals surface area contributed by atoms with Gasteiger partial charge in [-0.05, 0) is 67.9 Å². The average Bonchev–Trinajstić information content (AvgIpc) is 3.26. The summed E-state index contributed by atoms with van der Waals surface area (Å²) in [7, 11) is 0. The van der Waals surface area contributed by atoms with Crippen LogP contribution in [-0.2, 0) is 4.74 Å². The molecule has 1 aliphatic carbocycles. The summed E-state index contributed by atoms with van der Waals surface area (Å²) in [5.74, 6) is -1.75. The molecule has 0 fully saturated rings. The largest absolute Gasteiger partial charge is 0.461 e. The summed E-state index contributed by atoms with van der Waals surface area (Å²) in [6.45, 7) is 3.57. The summed E-state index contributed by atoms with van der Waals surface area (Å²) in [6.07, 6.45) is 6.43. The molecule has 0 N–H and O–H groups in total. The van der Waals surface area contributed by atoms with Crippen molar-refractivity contribution in [3.8, 4) is 0 Å². The topological polar surface area (TPSA) is 21.6 Å². The van der Waals surface area contributed by atoms with Gasteiger partial charge in [0.1, 0.15) is 17.4 Å². The Hall–Kier alpha value is -3.03. The van der Waals surface area contributed by atoms with E-state index in [0.29, 0.717) is 31.4 Å². The summed E-state index contributed by atoms with van der Waals surface area (Å²) in [6, 6.07) is 3.52. The lowest BCUT2D eigenvalue weighted by atomic mass is 9.92. The molecule has 0 amide bonds. The van der Waals surface area contributed by atoms with Crippen LogP contribution in [0.1, 0.15) is 51.5 Å². The summed E-state index contributed by atoms with van der Waals surface area (Å²) in [4.78, 5) is 4.59. The second-order valence-electron chi connectivity index (χ2n) is 8.70. The molecule has 1 aliphatic heterocycles. The number of halogens is 6. The molecule has 0 spiro atoms. The highest BCUT2D eigenvalue weighted by molar-refractivity contribution is 6.02. The molecule has 2 atom stereocenters. The number of aliphatic imine (C=N–C) groups is 1. The van der Waals surface area contributed by atoms with Crippen LogP contribution >= 0.6 is 0 Å². The molecule has 0 saturated heterocycles. The third-order valence-electron chi connectivity index (χ3n) is 6.05. The lowest BCUT2D eigenvalue weighted by Crippen LogP contribution is -2.29.